The van der Waals surface area contributed by atoms with Gasteiger partial charge in [-0.3, -0.25) is 19.3 Å². The molecule has 0 spiro atoms. The number of likely N-dealkylation sites (tertiary alicyclic amines) is 1. The zero-order valence-corrected chi connectivity index (χ0v) is 16.0. The zero-order valence-electron chi connectivity index (χ0n) is 16.0. The zero-order chi connectivity index (χ0) is 20.7. The molecule has 2 aliphatic heterocycles. The lowest BCUT2D eigenvalue weighted by molar-refractivity contribution is -0.143. The maximum absolute atomic E-state index is 14.0. The molecule has 2 heterocycles. The number of rotatable bonds is 4. The second-order valence-corrected chi connectivity index (χ2v) is 7.46. The highest BCUT2D eigenvalue weighted by Gasteiger charge is 2.59. The number of fused-ring (bicyclic) bond motifs is 1. The van der Waals surface area contributed by atoms with E-state index in [1.807, 2.05) is 60.7 Å². The summed E-state index contributed by atoms with van der Waals surface area (Å²) in [7, 11) is 0. The Morgan fingerprint density at radius 3 is 2.23 bits per heavy atom. The molecule has 5 nitrogen and oxygen atoms in total. The largest absolute Gasteiger partial charge is 0.275 e. The van der Waals surface area contributed by atoms with Crippen LogP contribution >= 0.6 is 0 Å². The number of carbonyl (C=O) groups excluding carboxylic acids is 2. The summed E-state index contributed by atoms with van der Waals surface area (Å²) in [6, 6.07) is 24.1. The summed E-state index contributed by atoms with van der Waals surface area (Å²) >= 11 is 0. The number of para-hydroxylation sites is 1. The van der Waals surface area contributed by atoms with Crippen LogP contribution in [0.5, 0.6) is 0 Å². The van der Waals surface area contributed by atoms with Crippen LogP contribution in [-0.2, 0) is 21.0 Å². The van der Waals surface area contributed by atoms with E-state index in [4.69, 9.17) is 4.84 Å². The van der Waals surface area contributed by atoms with E-state index in [1.165, 1.54) is 17.0 Å². The third-order valence-corrected chi connectivity index (χ3v) is 5.59. The van der Waals surface area contributed by atoms with E-state index in [0.717, 1.165) is 5.56 Å². The van der Waals surface area contributed by atoms with Gasteiger partial charge in [-0.15, -0.1) is 0 Å². The number of amides is 2. The van der Waals surface area contributed by atoms with E-state index in [0.29, 0.717) is 11.3 Å². The molecular weight excluding hydrogens is 383 g/mol. The Bertz CT molecular complexity index is 1090. The first-order valence-corrected chi connectivity index (χ1v) is 9.79. The maximum atomic E-state index is 14.0. The van der Waals surface area contributed by atoms with E-state index >= 15 is 0 Å². The molecule has 2 fully saturated rings. The molecule has 0 saturated carbocycles. The molecule has 5 rings (SSSR count). The summed E-state index contributed by atoms with van der Waals surface area (Å²) in [4.78, 5) is 33.7. The monoisotopic (exact) mass is 402 g/mol. The maximum Gasteiger partial charge on any atom is 0.262 e. The lowest BCUT2D eigenvalue weighted by atomic mass is 9.90. The van der Waals surface area contributed by atoms with Crippen LogP contribution in [0.15, 0.2) is 84.9 Å². The van der Waals surface area contributed by atoms with Crippen LogP contribution in [0.25, 0.3) is 0 Å². The summed E-state index contributed by atoms with van der Waals surface area (Å²) in [5.74, 6) is -1.82. The number of imide groups is 1. The Labute approximate surface area is 173 Å². The molecule has 150 valence electrons. The second kappa shape index (κ2) is 7.39. The molecule has 0 aromatic heterocycles. The molecule has 2 saturated heterocycles. The normalized spacial score (nSPS) is 23.2. The predicted molar refractivity (Wildman–Crippen MR) is 108 cm³/mol. The summed E-state index contributed by atoms with van der Waals surface area (Å²) in [6.45, 7) is 0.191. The Balaban J connectivity index is 1.53. The number of carbonyl (C=O) groups is 2. The van der Waals surface area contributed by atoms with Gasteiger partial charge in [-0.1, -0.05) is 60.7 Å². The molecule has 3 aromatic rings. The van der Waals surface area contributed by atoms with Gasteiger partial charge in [0, 0.05) is 0 Å². The lowest BCUT2D eigenvalue weighted by Gasteiger charge is -2.28. The van der Waals surface area contributed by atoms with Gasteiger partial charge in [-0.05, 0) is 35.4 Å². The van der Waals surface area contributed by atoms with Gasteiger partial charge in [0.15, 0.2) is 6.10 Å². The Morgan fingerprint density at radius 2 is 1.53 bits per heavy atom. The first-order valence-electron chi connectivity index (χ1n) is 9.79. The second-order valence-electron chi connectivity index (χ2n) is 7.46. The first kappa shape index (κ1) is 18.5. The number of hydrogen-bond acceptors (Lipinski definition) is 4. The standard InChI is InChI=1S/C24H19FN2O3/c25-18-11-7-10-17(14-18)21-20-22(30-27(21)19-12-5-2-6-13-19)24(29)26(23(20)28)15-16-8-3-1-4-9-16/h1-14,20-22H,15H2. The van der Waals surface area contributed by atoms with Gasteiger partial charge >= 0.3 is 0 Å². The minimum atomic E-state index is -0.935. The molecule has 30 heavy (non-hydrogen) atoms. The first-order chi connectivity index (χ1) is 14.6. The molecule has 0 radical (unpaired) electrons. The van der Waals surface area contributed by atoms with Gasteiger partial charge in [-0.2, -0.15) is 0 Å². The smallest absolute Gasteiger partial charge is 0.262 e. The average molecular weight is 402 g/mol. The van der Waals surface area contributed by atoms with Gasteiger partial charge in [0.1, 0.15) is 11.7 Å². The molecule has 2 aliphatic rings. The molecule has 3 atom stereocenters. The van der Waals surface area contributed by atoms with Crippen LogP contribution in [0.3, 0.4) is 0 Å². The van der Waals surface area contributed by atoms with Crippen LogP contribution in [0, 0.1) is 11.7 Å². The van der Waals surface area contributed by atoms with Crippen molar-refractivity contribution in [2.75, 3.05) is 5.06 Å². The summed E-state index contributed by atoms with van der Waals surface area (Å²) in [5, 5.41) is 1.57. The number of hydrogen-bond donors (Lipinski definition) is 0. The van der Waals surface area contributed by atoms with Gasteiger partial charge < -0.3 is 0 Å². The summed E-state index contributed by atoms with van der Waals surface area (Å²) in [5.41, 5.74) is 2.16. The summed E-state index contributed by atoms with van der Waals surface area (Å²) < 4.78 is 14.0. The highest BCUT2D eigenvalue weighted by Crippen LogP contribution is 2.46. The molecule has 0 bridgehead atoms. The van der Waals surface area contributed by atoms with Crippen molar-refractivity contribution in [2.24, 2.45) is 5.92 Å². The SMILES string of the molecule is O=C1C2ON(c3ccccc3)C(c3cccc(F)c3)C2C(=O)N1Cc1ccccc1. The minimum Gasteiger partial charge on any atom is -0.275 e. The number of anilines is 1. The number of benzene rings is 3. The molecule has 6 heteroatoms. The highest BCUT2D eigenvalue weighted by atomic mass is 19.1. The molecule has 0 aliphatic carbocycles. The Hall–Kier alpha value is -3.51. The van der Waals surface area contributed by atoms with Crippen molar-refractivity contribution < 1.29 is 18.8 Å². The van der Waals surface area contributed by atoms with Gasteiger partial charge in [0.05, 0.1) is 18.3 Å². The quantitative estimate of drug-likeness (QED) is 0.622. The van der Waals surface area contributed by atoms with Crippen molar-refractivity contribution >= 4 is 17.5 Å². The Morgan fingerprint density at radius 1 is 0.833 bits per heavy atom. The van der Waals surface area contributed by atoms with Gasteiger partial charge in [0.25, 0.3) is 5.91 Å². The van der Waals surface area contributed by atoms with Crippen LogP contribution in [0.2, 0.25) is 0 Å². The molecule has 2 amide bonds. The van der Waals surface area contributed by atoms with E-state index < -0.39 is 23.9 Å². The Kier molecular flexibility index (Phi) is 4.56. The van der Waals surface area contributed by atoms with Crippen LogP contribution < -0.4 is 5.06 Å². The number of hydroxylamine groups is 1. The van der Waals surface area contributed by atoms with Crippen LogP contribution in [0.1, 0.15) is 17.2 Å². The number of halogens is 1. The average Bonchev–Trinajstić information content (AvgIpc) is 3.27. The van der Waals surface area contributed by atoms with Gasteiger partial charge in [0.2, 0.25) is 5.91 Å². The number of nitrogens with zero attached hydrogens (tertiary/aromatic N) is 2. The van der Waals surface area contributed by atoms with E-state index in [1.54, 1.807) is 17.2 Å². The van der Waals surface area contributed by atoms with Crippen molar-refractivity contribution in [1.29, 1.82) is 0 Å². The van der Waals surface area contributed by atoms with Crippen molar-refractivity contribution in [3.63, 3.8) is 0 Å². The lowest BCUT2D eigenvalue weighted by Crippen LogP contribution is -2.36. The molecule has 3 aromatic carbocycles. The van der Waals surface area contributed by atoms with Crippen LogP contribution in [-0.4, -0.2) is 22.8 Å². The van der Waals surface area contributed by atoms with Crippen molar-refractivity contribution in [3.05, 3.63) is 102 Å². The predicted octanol–water partition coefficient (Wildman–Crippen LogP) is 3.87. The van der Waals surface area contributed by atoms with Crippen molar-refractivity contribution in [3.8, 4) is 0 Å². The third-order valence-electron chi connectivity index (χ3n) is 5.59. The third kappa shape index (κ3) is 3.06. The minimum absolute atomic E-state index is 0.191. The molecule has 0 N–H and O–H groups in total. The molecule has 3 unspecified atom stereocenters. The van der Waals surface area contributed by atoms with Gasteiger partial charge in [-0.25, -0.2) is 9.45 Å². The molecular formula is C24H19FN2O3. The fourth-order valence-electron chi connectivity index (χ4n) is 4.22. The summed E-state index contributed by atoms with van der Waals surface area (Å²) in [6.07, 6.45) is -0.935. The van der Waals surface area contributed by atoms with Crippen molar-refractivity contribution in [2.45, 2.75) is 18.7 Å². The topological polar surface area (TPSA) is 49.9 Å². The van der Waals surface area contributed by atoms with E-state index in [9.17, 15) is 14.0 Å². The fourth-order valence-corrected chi connectivity index (χ4v) is 4.22. The highest BCUT2D eigenvalue weighted by molar-refractivity contribution is 6.07. The fraction of sp³-hybridized carbons (Fsp3) is 0.167. The van der Waals surface area contributed by atoms with E-state index in [2.05, 4.69) is 0 Å². The van der Waals surface area contributed by atoms with Crippen LogP contribution in [0.4, 0.5) is 10.1 Å². The van der Waals surface area contributed by atoms with Crippen molar-refractivity contribution in [1.82, 2.24) is 4.90 Å². The van der Waals surface area contributed by atoms with E-state index in [-0.39, 0.29) is 18.4 Å².